The van der Waals surface area contributed by atoms with Gasteiger partial charge in [-0.1, -0.05) is 6.07 Å². The average molecular weight is 258 g/mol. The number of halogens is 1. The number of rotatable bonds is 1. The fraction of sp³-hybridized carbons (Fsp3) is 0.125. The highest BCUT2D eigenvalue weighted by Crippen LogP contribution is 2.18. The van der Waals surface area contributed by atoms with Crippen LogP contribution in [-0.2, 0) is 6.42 Å². The van der Waals surface area contributed by atoms with Crippen molar-refractivity contribution in [3.63, 3.8) is 0 Å². The maximum atomic E-state index is 8.46. The third kappa shape index (κ3) is 1.84. The molecule has 11 heavy (non-hydrogen) atoms. The van der Waals surface area contributed by atoms with Gasteiger partial charge in [0, 0.05) is 14.8 Å². The number of benzene rings is 1. The van der Waals surface area contributed by atoms with E-state index in [4.69, 9.17) is 11.0 Å². The summed E-state index contributed by atoms with van der Waals surface area (Å²) in [4.78, 5) is 0. The Hall–Kier alpha value is -0.760. The summed E-state index contributed by atoms with van der Waals surface area (Å²) in [6, 6.07) is 7.73. The van der Waals surface area contributed by atoms with Crippen molar-refractivity contribution in [3.8, 4) is 6.07 Å². The fourth-order valence-electron chi connectivity index (χ4n) is 0.841. The van der Waals surface area contributed by atoms with Gasteiger partial charge in [0.15, 0.2) is 0 Å². The summed E-state index contributed by atoms with van der Waals surface area (Å²) in [7, 11) is 0. The molecular formula is C8H7IN2. The Morgan fingerprint density at radius 2 is 2.27 bits per heavy atom. The Bertz CT molecular complexity index is 281. The molecule has 3 heteroatoms. The number of nitriles is 1. The number of nitrogens with two attached hydrogens (primary N) is 1. The second-order valence-electron chi connectivity index (χ2n) is 2.14. The van der Waals surface area contributed by atoms with E-state index >= 15 is 0 Å². The van der Waals surface area contributed by atoms with Crippen LogP contribution in [0.5, 0.6) is 0 Å². The van der Waals surface area contributed by atoms with Crippen molar-refractivity contribution < 1.29 is 0 Å². The van der Waals surface area contributed by atoms with E-state index in [1.807, 2.05) is 18.2 Å². The Kier molecular flexibility index (Phi) is 2.71. The van der Waals surface area contributed by atoms with Crippen molar-refractivity contribution in [2.45, 2.75) is 6.42 Å². The van der Waals surface area contributed by atoms with Gasteiger partial charge in [-0.3, -0.25) is 0 Å². The van der Waals surface area contributed by atoms with E-state index in [1.54, 1.807) is 0 Å². The van der Waals surface area contributed by atoms with Gasteiger partial charge in [0.05, 0.1) is 12.5 Å². The van der Waals surface area contributed by atoms with Crippen LogP contribution < -0.4 is 5.73 Å². The molecule has 0 spiro atoms. The lowest BCUT2D eigenvalue weighted by Gasteiger charge is -2.02. The molecule has 2 nitrogen and oxygen atoms in total. The first kappa shape index (κ1) is 8.34. The van der Waals surface area contributed by atoms with Crippen molar-refractivity contribution in [2.24, 2.45) is 0 Å². The monoisotopic (exact) mass is 258 g/mol. The molecule has 56 valence electrons. The lowest BCUT2D eigenvalue weighted by Crippen LogP contribution is -1.95. The van der Waals surface area contributed by atoms with Crippen LogP contribution in [0.4, 0.5) is 5.69 Å². The fourth-order valence-corrected chi connectivity index (χ4v) is 1.55. The lowest BCUT2D eigenvalue weighted by atomic mass is 10.1. The maximum absolute atomic E-state index is 8.46. The topological polar surface area (TPSA) is 49.8 Å². The predicted molar refractivity (Wildman–Crippen MR) is 52.9 cm³/mol. The summed E-state index contributed by atoms with van der Waals surface area (Å²) in [5.41, 5.74) is 7.30. The van der Waals surface area contributed by atoms with Crippen molar-refractivity contribution in [1.82, 2.24) is 0 Å². The van der Waals surface area contributed by atoms with Crippen molar-refractivity contribution in [1.29, 1.82) is 5.26 Å². The number of anilines is 1. The molecule has 2 N–H and O–H groups in total. The molecule has 0 aromatic heterocycles. The van der Waals surface area contributed by atoms with Crippen molar-refractivity contribution >= 4 is 28.3 Å². The first-order chi connectivity index (χ1) is 5.25. The smallest absolute Gasteiger partial charge is 0.0670 e. The van der Waals surface area contributed by atoms with E-state index < -0.39 is 0 Å². The molecule has 0 heterocycles. The van der Waals surface area contributed by atoms with Crippen LogP contribution in [0.1, 0.15) is 5.56 Å². The van der Waals surface area contributed by atoms with Crippen LogP contribution in [0.15, 0.2) is 18.2 Å². The molecule has 0 aliphatic carbocycles. The van der Waals surface area contributed by atoms with E-state index in [0.29, 0.717) is 12.1 Å². The van der Waals surface area contributed by atoms with Gasteiger partial charge in [0.1, 0.15) is 0 Å². The van der Waals surface area contributed by atoms with Gasteiger partial charge in [0.2, 0.25) is 0 Å². The van der Waals surface area contributed by atoms with Gasteiger partial charge in [-0.2, -0.15) is 5.26 Å². The van der Waals surface area contributed by atoms with Crippen LogP contribution in [0.3, 0.4) is 0 Å². The molecule has 0 amide bonds. The molecule has 1 aromatic carbocycles. The van der Waals surface area contributed by atoms with Gasteiger partial charge in [-0.05, 0) is 34.7 Å². The summed E-state index contributed by atoms with van der Waals surface area (Å²) in [5, 5.41) is 8.46. The van der Waals surface area contributed by atoms with E-state index in [-0.39, 0.29) is 0 Å². The number of nitrogen functional groups attached to an aromatic ring is 1. The molecule has 0 bridgehead atoms. The van der Waals surface area contributed by atoms with Crippen LogP contribution in [0, 0.1) is 14.9 Å². The first-order valence-corrected chi connectivity index (χ1v) is 4.23. The summed E-state index contributed by atoms with van der Waals surface area (Å²) >= 11 is 2.18. The second-order valence-corrected chi connectivity index (χ2v) is 3.30. The zero-order valence-corrected chi connectivity index (χ0v) is 8.00. The largest absolute Gasteiger partial charge is 0.398 e. The van der Waals surface area contributed by atoms with Crippen LogP contribution in [0.2, 0.25) is 0 Å². The molecule has 0 unspecified atom stereocenters. The van der Waals surface area contributed by atoms with E-state index in [1.165, 1.54) is 0 Å². The van der Waals surface area contributed by atoms with Crippen molar-refractivity contribution in [3.05, 3.63) is 27.3 Å². The number of hydrogen-bond acceptors (Lipinski definition) is 2. The van der Waals surface area contributed by atoms with Gasteiger partial charge in [0.25, 0.3) is 0 Å². The minimum absolute atomic E-state index is 0.394. The molecule has 1 aromatic rings. The minimum Gasteiger partial charge on any atom is -0.398 e. The molecule has 0 fully saturated rings. The Balaban J connectivity index is 3.12. The SMILES string of the molecule is N#CCc1c(N)cccc1I. The Labute approximate surface area is 79.2 Å². The van der Waals surface area contributed by atoms with Gasteiger partial charge in [-0.15, -0.1) is 0 Å². The van der Waals surface area contributed by atoms with Gasteiger partial charge < -0.3 is 5.73 Å². The summed E-state index contributed by atoms with van der Waals surface area (Å²) < 4.78 is 1.06. The lowest BCUT2D eigenvalue weighted by molar-refractivity contribution is 1.25. The highest BCUT2D eigenvalue weighted by atomic mass is 127. The molecule has 0 saturated heterocycles. The maximum Gasteiger partial charge on any atom is 0.0670 e. The molecule has 0 aliphatic rings. The second kappa shape index (κ2) is 3.58. The summed E-state index contributed by atoms with van der Waals surface area (Å²) in [5.74, 6) is 0. The zero-order valence-electron chi connectivity index (χ0n) is 5.84. The Morgan fingerprint density at radius 1 is 1.55 bits per heavy atom. The number of nitrogens with zero attached hydrogens (tertiary/aromatic N) is 1. The van der Waals surface area contributed by atoms with Crippen molar-refractivity contribution in [2.75, 3.05) is 5.73 Å². The average Bonchev–Trinajstić information content (AvgIpc) is 1.97. The third-order valence-corrected chi connectivity index (χ3v) is 2.42. The third-order valence-electron chi connectivity index (χ3n) is 1.41. The highest BCUT2D eigenvalue weighted by Gasteiger charge is 2.01. The Morgan fingerprint density at radius 3 is 2.82 bits per heavy atom. The quantitative estimate of drug-likeness (QED) is 0.618. The van der Waals surface area contributed by atoms with Gasteiger partial charge >= 0.3 is 0 Å². The van der Waals surface area contributed by atoms with Crippen LogP contribution in [-0.4, -0.2) is 0 Å². The molecule has 0 saturated carbocycles. The predicted octanol–water partition coefficient (Wildman–Crippen LogP) is 1.94. The minimum atomic E-state index is 0.394. The van der Waals surface area contributed by atoms with Gasteiger partial charge in [-0.25, -0.2) is 0 Å². The molecule has 1 rings (SSSR count). The summed E-state index contributed by atoms with van der Waals surface area (Å²) in [6.07, 6.45) is 0.394. The summed E-state index contributed by atoms with van der Waals surface area (Å²) in [6.45, 7) is 0. The molecule has 0 atom stereocenters. The highest BCUT2D eigenvalue weighted by molar-refractivity contribution is 14.1. The zero-order chi connectivity index (χ0) is 8.27. The molecule has 0 radical (unpaired) electrons. The van der Waals surface area contributed by atoms with E-state index in [9.17, 15) is 0 Å². The van der Waals surface area contributed by atoms with Crippen LogP contribution >= 0.6 is 22.6 Å². The van der Waals surface area contributed by atoms with E-state index in [0.717, 1.165) is 9.13 Å². The molecule has 0 aliphatic heterocycles. The number of hydrogen-bond donors (Lipinski definition) is 1. The van der Waals surface area contributed by atoms with Crippen LogP contribution in [0.25, 0.3) is 0 Å². The molecular weight excluding hydrogens is 251 g/mol. The van der Waals surface area contributed by atoms with E-state index in [2.05, 4.69) is 28.7 Å². The normalized spacial score (nSPS) is 9.09. The standard InChI is InChI=1S/C8H7IN2/c9-7-2-1-3-8(11)6(7)4-5-10/h1-3H,4,11H2. The first-order valence-electron chi connectivity index (χ1n) is 3.15.